The number of methoxy groups -OCH3 is 1. The molecule has 0 fully saturated rings. The van der Waals surface area contributed by atoms with E-state index >= 15 is 0 Å². The fourth-order valence-electron chi connectivity index (χ4n) is 1.35. The monoisotopic (exact) mass is 222 g/mol. The molecule has 16 heavy (non-hydrogen) atoms. The van der Waals surface area contributed by atoms with Crippen molar-refractivity contribution < 1.29 is 14.9 Å². The maximum Gasteiger partial charge on any atom is 0.136 e. The molecule has 0 saturated carbocycles. The predicted octanol–water partition coefficient (Wildman–Crippen LogP) is -0.0801. The summed E-state index contributed by atoms with van der Waals surface area (Å²) in [5.41, 5.74) is 5.99. The van der Waals surface area contributed by atoms with Gasteiger partial charge in [-0.2, -0.15) is 5.26 Å². The minimum atomic E-state index is -1.09. The molecule has 0 amide bonds. The highest BCUT2D eigenvalue weighted by Crippen LogP contribution is 2.24. The summed E-state index contributed by atoms with van der Waals surface area (Å²) in [4.78, 5) is 0. The Morgan fingerprint density at radius 3 is 2.69 bits per heavy atom. The largest absolute Gasteiger partial charge is 0.495 e. The summed E-state index contributed by atoms with van der Waals surface area (Å²) in [5.74, 6) is 0.431. The van der Waals surface area contributed by atoms with E-state index in [2.05, 4.69) is 0 Å². The Hall–Kier alpha value is -1.61. The number of benzene rings is 1. The minimum Gasteiger partial charge on any atom is -0.495 e. The van der Waals surface area contributed by atoms with Crippen molar-refractivity contribution in [1.29, 1.82) is 5.26 Å². The summed E-state index contributed by atoms with van der Waals surface area (Å²) in [6, 6.07) is 6.58. The fraction of sp³-hybridized carbons (Fsp3) is 0.364. The highest BCUT2D eigenvalue weighted by molar-refractivity contribution is 5.46. The second kappa shape index (κ2) is 5.47. The molecule has 0 bridgehead atoms. The summed E-state index contributed by atoms with van der Waals surface area (Å²) < 4.78 is 4.97. The van der Waals surface area contributed by atoms with Gasteiger partial charge in [-0.15, -0.1) is 0 Å². The Labute approximate surface area is 93.7 Å². The molecule has 0 heterocycles. The second-order valence-electron chi connectivity index (χ2n) is 3.32. The molecule has 0 aromatic heterocycles. The summed E-state index contributed by atoms with van der Waals surface area (Å²) >= 11 is 0. The molecule has 5 nitrogen and oxygen atoms in total. The molecular weight excluding hydrogens is 208 g/mol. The average Bonchev–Trinajstić information content (AvgIpc) is 2.35. The Kier molecular flexibility index (Phi) is 4.26. The van der Waals surface area contributed by atoms with Crippen LogP contribution in [0.15, 0.2) is 18.2 Å². The van der Waals surface area contributed by atoms with E-state index < -0.39 is 12.2 Å². The van der Waals surface area contributed by atoms with Gasteiger partial charge in [0.1, 0.15) is 17.9 Å². The predicted molar refractivity (Wildman–Crippen MR) is 57.7 cm³/mol. The van der Waals surface area contributed by atoms with Crippen molar-refractivity contribution in [3.63, 3.8) is 0 Å². The van der Waals surface area contributed by atoms with Gasteiger partial charge in [0, 0.05) is 6.54 Å². The van der Waals surface area contributed by atoms with E-state index in [1.54, 1.807) is 12.1 Å². The molecule has 0 aliphatic carbocycles. The summed E-state index contributed by atoms with van der Waals surface area (Å²) in [6.07, 6.45) is -2.14. The van der Waals surface area contributed by atoms with Gasteiger partial charge in [-0.3, -0.25) is 0 Å². The van der Waals surface area contributed by atoms with E-state index in [0.717, 1.165) is 0 Å². The lowest BCUT2D eigenvalue weighted by atomic mass is 10.0. The van der Waals surface area contributed by atoms with Gasteiger partial charge in [0.05, 0.1) is 18.8 Å². The molecule has 2 unspecified atom stereocenters. The minimum absolute atomic E-state index is 0.0465. The first-order valence-corrected chi connectivity index (χ1v) is 4.78. The number of rotatable bonds is 4. The van der Waals surface area contributed by atoms with Crippen LogP contribution in [-0.2, 0) is 0 Å². The van der Waals surface area contributed by atoms with Crippen molar-refractivity contribution in [2.75, 3.05) is 13.7 Å². The molecule has 0 saturated heterocycles. The van der Waals surface area contributed by atoms with Gasteiger partial charge < -0.3 is 20.7 Å². The third-order valence-electron chi connectivity index (χ3n) is 2.29. The van der Waals surface area contributed by atoms with E-state index in [9.17, 15) is 10.2 Å². The van der Waals surface area contributed by atoms with Crippen LogP contribution >= 0.6 is 0 Å². The van der Waals surface area contributed by atoms with Crippen molar-refractivity contribution >= 4 is 0 Å². The lowest BCUT2D eigenvalue weighted by Gasteiger charge is -2.17. The van der Waals surface area contributed by atoms with Gasteiger partial charge in [-0.1, -0.05) is 6.07 Å². The fourth-order valence-corrected chi connectivity index (χ4v) is 1.35. The van der Waals surface area contributed by atoms with Gasteiger partial charge in [0.2, 0.25) is 0 Å². The number of hydrogen-bond acceptors (Lipinski definition) is 5. The van der Waals surface area contributed by atoms with E-state index in [1.165, 1.54) is 13.2 Å². The molecule has 1 rings (SSSR count). The van der Waals surface area contributed by atoms with Crippen molar-refractivity contribution in [3.8, 4) is 11.8 Å². The van der Waals surface area contributed by atoms with Crippen LogP contribution in [-0.4, -0.2) is 30.0 Å². The third-order valence-corrected chi connectivity index (χ3v) is 2.29. The lowest BCUT2D eigenvalue weighted by Crippen LogP contribution is -2.27. The number of nitriles is 1. The Morgan fingerprint density at radius 2 is 2.19 bits per heavy atom. The maximum atomic E-state index is 9.69. The van der Waals surface area contributed by atoms with E-state index in [1.807, 2.05) is 6.07 Å². The number of aliphatic hydroxyl groups excluding tert-OH is 2. The van der Waals surface area contributed by atoms with Gasteiger partial charge >= 0.3 is 0 Å². The standard InChI is InChI=1S/C11H14N2O3/c1-16-10-3-2-7(4-8(10)5-12)11(15)9(14)6-13/h2-4,9,11,14-15H,6,13H2,1H3. The number of hydrogen-bond donors (Lipinski definition) is 3. The van der Waals surface area contributed by atoms with E-state index in [4.69, 9.17) is 15.7 Å². The Balaban J connectivity index is 3.04. The van der Waals surface area contributed by atoms with Gasteiger partial charge in [-0.25, -0.2) is 0 Å². The molecule has 1 aromatic carbocycles. The van der Waals surface area contributed by atoms with Crippen LogP contribution in [0.25, 0.3) is 0 Å². The normalized spacial score (nSPS) is 13.9. The molecule has 4 N–H and O–H groups in total. The van der Waals surface area contributed by atoms with Crippen LogP contribution in [0.3, 0.4) is 0 Å². The molecular formula is C11H14N2O3. The number of aliphatic hydroxyl groups is 2. The second-order valence-corrected chi connectivity index (χ2v) is 3.32. The van der Waals surface area contributed by atoms with E-state index in [0.29, 0.717) is 16.9 Å². The molecule has 0 aliphatic heterocycles. The zero-order chi connectivity index (χ0) is 12.1. The third kappa shape index (κ3) is 2.49. The van der Waals surface area contributed by atoms with Crippen LogP contribution < -0.4 is 10.5 Å². The van der Waals surface area contributed by atoms with Crippen LogP contribution in [0, 0.1) is 11.3 Å². The first-order chi connectivity index (χ1) is 7.63. The molecule has 2 atom stereocenters. The number of nitrogens with zero attached hydrogens (tertiary/aromatic N) is 1. The van der Waals surface area contributed by atoms with Crippen molar-refractivity contribution in [3.05, 3.63) is 29.3 Å². The van der Waals surface area contributed by atoms with Crippen LogP contribution in [0.4, 0.5) is 0 Å². The zero-order valence-electron chi connectivity index (χ0n) is 8.92. The lowest BCUT2D eigenvalue weighted by molar-refractivity contribution is 0.0243. The highest BCUT2D eigenvalue weighted by atomic mass is 16.5. The van der Waals surface area contributed by atoms with Gasteiger partial charge in [0.25, 0.3) is 0 Å². The van der Waals surface area contributed by atoms with Crippen molar-refractivity contribution in [2.24, 2.45) is 5.73 Å². The van der Waals surface area contributed by atoms with Crippen molar-refractivity contribution in [1.82, 2.24) is 0 Å². The molecule has 86 valence electrons. The SMILES string of the molecule is COc1ccc(C(O)C(O)CN)cc1C#N. The summed E-state index contributed by atoms with van der Waals surface area (Å²) in [5, 5.41) is 27.9. The van der Waals surface area contributed by atoms with Crippen LogP contribution in [0.2, 0.25) is 0 Å². The molecule has 5 heteroatoms. The first-order valence-electron chi connectivity index (χ1n) is 4.78. The molecule has 0 aliphatic rings. The molecule has 0 spiro atoms. The quantitative estimate of drug-likeness (QED) is 0.661. The summed E-state index contributed by atoms with van der Waals surface area (Å²) in [7, 11) is 1.46. The summed E-state index contributed by atoms with van der Waals surface area (Å²) in [6.45, 7) is -0.0465. The smallest absolute Gasteiger partial charge is 0.136 e. The maximum absolute atomic E-state index is 9.69. The first kappa shape index (κ1) is 12.5. The Bertz CT molecular complexity index is 401. The Morgan fingerprint density at radius 1 is 1.50 bits per heavy atom. The highest BCUT2D eigenvalue weighted by Gasteiger charge is 2.18. The van der Waals surface area contributed by atoms with Gasteiger partial charge in [-0.05, 0) is 17.7 Å². The topological polar surface area (TPSA) is 99.5 Å². The number of ether oxygens (including phenoxy) is 1. The zero-order valence-corrected chi connectivity index (χ0v) is 8.92. The van der Waals surface area contributed by atoms with Crippen molar-refractivity contribution in [2.45, 2.75) is 12.2 Å². The van der Waals surface area contributed by atoms with Gasteiger partial charge in [0.15, 0.2) is 0 Å². The molecule has 0 radical (unpaired) electrons. The van der Waals surface area contributed by atoms with Crippen LogP contribution in [0.5, 0.6) is 5.75 Å². The van der Waals surface area contributed by atoms with Crippen LogP contribution in [0.1, 0.15) is 17.2 Å². The number of nitrogens with two attached hydrogens (primary N) is 1. The average molecular weight is 222 g/mol. The molecule has 1 aromatic rings. The van der Waals surface area contributed by atoms with E-state index in [-0.39, 0.29) is 6.54 Å².